The van der Waals surface area contributed by atoms with Crippen LogP contribution in [0.3, 0.4) is 0 Å². The first-order valence-electron chi connectivity index (χ1n) is 10.8. The molecule has 0 saturated heterocycles. The number of pyridine rings is 2. The highest BCUT2D eigenvalue weighted by Gasteiger charge is 2.16. The molecule has 2 aromatic heterocycles. The van der Waals surface area contributed by atoms with Crippen LogP contribution in [0.2, 0.25) is 0 Å². The van der Waals surface area contributed by atoms with Crippen LogP contribution in [0.25, 0.3) is 0 Å². The van der Waals surface area contributed by atoms with E-state index >= 15 is 0 Å². The zero-order valence-electron chi connectivity index (χ0n) is 17.6. The molecule has 0 fully saturated rings. The van der Waals surface area contributed by atoms with Gasteiger partial charge in [-0.05, 0) is 43.6 Å². The molecule has 0 amide bonds. The molecule has 0 aromatic carbocycles. The van der Waals surface area contributed by atoms with Crippen molar-refractivity contribution in [1.82, 2.24) is 9.97 Å². The monoisotopic (exact) mass is 413 g/mol. The van der Waals surface area contributed by atoms with Crippen molar-refractivity contribution in [1.29, 1.82) is 0 Å². The molecule has 7 nitrogen and oxygen atoms in total. The van der Waals surface area contributed by atoms with E-state index in [0.29, 0.717) is 5.88 Å². The number of methoxy groups -OCH3 is 1. The van der Waals surface area contributed by atoms with Crippen molar-refractivity contribution in [2.45, 2.75) is 63.7 Å². The third-order valence-electron chi connectivity index (χ3n) is 5.70. The van der Waals surface area contributed by atoms with Gasteiger partial charge in [0.25, 0.3) is 0 Å². The smallest absolute Gasteiger partial charge is 0.303 e. The van der Waals surface area contributed by atoms with Crippen LogP contribution >= 0.6 is 0 Å². The van der Waals surface area contributed by atoms with Crippen molar-refractivity contribution < 1.29 is 14.6 Å². The van der Waals surface area contributed by atoms with Crippen LogP contribution in [0.15, 0.2) is 29.2 Å². The number of carboxylic acids is 1. The predicted octanol–water partition coefficient (Wildman–Crippen LogP) is 3.89. The van der Waals surface area contributed by atoms with Gasteiger partial charge in [-0.3, -0.25) is 9.59 Å². The molecule has 1 aliphatic rings. The van der Waals surface area contributed by atoms with Gasteiger partial charge in [-0.1, -0.05) is 25.3 Å². The number of aliphatic carboxylic acids is 1. The molecule has 162 valence electrons. The molecule has 0 spiro atoms. The Labute approximate surface area is 176 Å². The average Bonchev–Trinajstić information content (AvgIpc) is 2.75. The van der Waals surface area contributed by atoms with Crippen LogP contribution in [0, 0.1) is 0 Å². The van der Waals surface area contributed by atoms with Crippen LogP contribution in [-0.2, 0) is 17.6 Å². The number of carboxylic acid groups (broad SMARTS) is 1. The standard InChI is InChI=1S/C23H31N3O4/c1-30-21-11-10-17(15-25-21)16(13-22(28)29)7-4-2-3-5-8-18-14-20(27)19-9-6-12-24-23(19)26-18/h10-11,14-16H,2-9,12-13H2,1H3,(H,28,29)(H2,24,26,27). The Morgan fingerprint density at radius 1 is 1.27 bits per heavy atom. The topological polar surface area (TPSA) is 104 Å². The van der Waals surface area contributed by atoms with Crippen molar-refractivity contribution in [2.75, 3.05) is 19.0 Å². The molecular formula is C23H31N3O4. The summed E-state index contributed by atoms with van der Waals surface area (Å²) in [5.41, 5.74) is 2.94. The largest absolute Gasteiger partial charge is 0.481 e. The number of aryl methyl sites for hydroxylation is 1. The Hall–Kier alpha value is -2.83. The first-order chi connectivity index (χ1) is 14.6. The summed E-state index contributed by atoms with van der Waals surface area (Å²) in [6, 6.07) is 5.42. The van der Waals surface area contributed by atoms with E-state index in [1.165, 1.54) is 0 Å². The molecule has 0 bridgehead atoms. The van der Waals surface area contributed by atoms with Gasteiger partial charge in [0.2, 0.25) is 5.88 Å². The van der Waals surface area contributed by atoms with Crippen LogP contribution in [0.4, 0.5) is 5.82 Å². The van der Waals surface area contributed by atoms with Crippen molar-refractivity contribution in [2.24, 2.45) is 0 Å². The first-order valence-corrected chi connectivity index (χ1v) is 10.8. The molecular weight excluding hydrogens is 382 g/mol. The lowest BCUT2D eigenvalue weighted by atomic mass is 9.91. The van der Waals surface area contributed by atoms with E-state index in [9.17, 15) is 14.7 Å². The van der Waals surface area contributed by atoms with Gasteiger partial charge < -0.3 is 20.1 Å². The second-order valence-electron chi connectivity index (χ2n) is 7.92. The Kier molecular flexibility index (Phi) is 7.88. The summed E-state index contributed by atoms with van der Waals surface area (Å²) in [7, 11) is 1.56. The maximum atomic E-state index is 12.2. The van der Waals surface area contributed by atoms with Gasteiger partial charge in [0.1, 0.15) is 5.82 Å². The number of nitrogens with zero attached hydrogens (tertiary/aromatic N) is 1. The maximum Gasteiger partial charge on any atom is 0.303 e. The van der Waals surface area contributed by atoms with Crippen molar-refractivity contribution in [3.63, 3.8) is 0 Å². The number of ether oxygens (including phenoxy) is 1. The van der Waals surface area contributed by atoms with Gasteiger partial charge in [0.15, 0.2) is 5.43 Å². The lowest BCUT2D eigenvalue weighted by Crippen LogP contribution is -2.22. The molecule has 0 radical (unpaired) electrons. The SMILES string of the molecule is COc1ccc(C(CCCCCCc2cc(=O)c3c([nH]2)NCCC3)CC(=O)O)cn1. The first kappa shape index (κ1) is 21.9. The highest BCUT2D eigenvalue weighted by molar-refractivity contribution is 5.68. The van der Waals surface area contributed by atoms with Gasteiger partial charge in [-0.15, -0.1) is 0 Å². The molecule has 0 saturated carbocycles. The predicted molar refractivity (Wildman–Crippen MR) is 116 cm³/mol. The van der Waals surface area contributed by atoms with Gasteiger partial charge in [-0.2, -0.15) is 0 Å². The van der Waals surface area contributed by atoms with E-state index in [1.807, 2.05) is 6.07 Å². The fourth-order valence-electron chi connectivity index (χ4n) is 4.06. The number of aromatic nitrogens is 2. The number of anilines is 1. The number of fused-ring (bicyclic) bond motifs is 1. The number of hydrogen-bond donors (Lipinski definition) is 3. The molecule has 0 aliphatic carbocycles. The van der Waals surface area contributed by atoms with Crippen molar-refractivity contribution in [3.8, 4) is 5.88 Å². The Morgan fingerprint density at radius 3 is 2.83 bits per heavy atom. The Morgan fingerprint density at radius 2 is 2.10 bits per heavy atom. The number of carbonyl (C=O) groups is 1. The van der Waals surface area contributed by atoms with E-state index in [2.05, 4.69) is 15.3 Å². The quantitative estimate of drug-likeness (QED) is 0.483. The maximum absolute atomic E-state index is 12.2. The molecule has 30 heavy (non-hydrogen) atoms. The zero-order valence-corrected chi connectivity index (χ0v) is 17.6. The second-order valence-corrected chi connectivity index (χ2v) is 7.92. The number of unbranched alkanes of at least 4 members (excludes halogenated alkanes) is 3. The second kappa shape index (κ2) is 10.8. The number of hydrogen-bond acceptors (Lipinski definition) is 5. The summed E-state index contributed by atoms with van der Waals surface area (Å²) in [5.74, 6) is 0.599. The lowest BCUT2D eigenvalue weighted by Gasteiger charge is -2.18. The summed E-state index contributed by atoms with van der Waals surface area (Å²) >= 11 is 0. The number of aromatic amines is 1. The molecule has 1 atom stereocenters. The minimum absolute atomic E-state index is 0.0380. The third kappa shape index (κ3) is 6.08. The van der Waals surface area contributed by atoms with Gasteiger partial charge >= 0.3 is 5.97 Å². The zero-order chi connectivity index (χ0) is 21.3. The van der Waals surface area contributed by atoms with E-state index in [-0.39, 0.29) is 17.8 Å². The summed E-state index contributed by atoms with van der Waals surface area (Å²) in [4.78, 5) is 31.1. The van der Waals surface area contributed by atoms with Crippen LogP contribution in [0.1, 0.15) is 67.7 Å². The van der Waals surface area contributed by atoms with Gasteiger partial charge in [0, 0.05) is 36.1 Å². The third-order valence-corrected chi connectivity index (χ3v) is 5.70. The van der Waals surface area contributed by atoms with Gasteiger partial charge in [-0.25, -0.2) is 4.98 Å². The van der Waals surface area contributed by atoms with E-state index in [1.54, 1.807) is 25.4 Å². The van der Waals surface area contributed by atoms with Gasteiger partial charge in [0.05, 0.1) is 13.5 Å². The van der Waals surface area contributed by atoms with E-state index < -0.39 is 5.97 Å². The molecule has 1 unspecified atom stereocenters. The van der Waals surface area contributed by atoms with Crippen molar-refractivity contribution >= 4 is 11.8 Å². The highest BCUT2D eigenvalue weighted by atomic mass is 16.5. The summed E-state index contributed by atoms with van der Waals surface area (Å²) in [5, 5.41) is 12.5. The normalized spacial score (nSPS) is 13.9. The summed E-state index contributed by atoms with van der Waals surface area (Å²) < 4.78 is 5.08. The Balaban J connectivity index is 1.44. The molecule has 1 aliphatic heterocycles. The van der Waals surface area contributed by atoms with Crippen LogP contribution < -0.4 is 15.5 Å². The van der Waals surface area contributed by atoms with Crippen LogP contribution in [-0.4, -0.2) is 34.7 Å². The van der Waals surface area contributed by atoms with Crippen LogP contribution in [0.5, 0.6) is 5.88 Å². The fraction of sp³-hybridized carbons (Fsp3) is 0.522. The number of H-pyrrole nitrogens is 1. The van der Waals surface area contributed by atoms with E-state index in [0.717, 1.165) is 80.6 Å². The molecule has 3 heterocycles. The summed E-state index contributed by atoms with van der Waals surface area (Å²) in [6.45, 7) is 0.910. The molecule has 2 aromatic rings. The average molecular weight is 414 g/mol. The Bertz CT molecular complexity index is 892. The highest BCUT2D eigenvalue weighted by Crippen LogP contribution is 2.27. The van der Waals surface area contributed by atoms with Crippen molar-refractivity contribution in [3.05, 3.63) is 51.4 Å². The number of rotatable bonds is 11. The molecule has 3 rings (SSSR count). The van der Waals surface area contributed by atoms with E-state index in [4.69, 9.17) is 4.74 Å². The molecule has 3 N–H and O–H groups in total. The molecule has 7 heteroatoms. The minimum atomic E-state index is -0.791. The summed E-state index contributed by atoms with van der Waals surface area (Å²) in [6.07, 6.45) is 9.40. The fourth-order valence-corrected chi connectivity index (χ4v) is 4.06. The lowest BCUT2D eigenvalue weighted by molar-refractivity contribution is -0.137. The minimum Gasteiger partial charge on any atom is -0.481 e. The number of nitrogens with one attached hydrogen (secondary N) is 2.